The van der Waals surface area contributed by atoms with E-state index in [0.29, 0.717) is 23.7 Å². The Balaban J connectivity index is 1.38. The molecule has 184 valence electrons. The van der Waals surface area contributed by atoms with E-state index < -0.39 is 0 Å². The second-order valence-corrected chi connectivity index (χ2v) is 8.58. The van der Waals surface area contributed by atoms with Crippen LogP contribution in [0.4, 0.5) is 0 Å². The van der Waals surface area contributed by atoms with Crippen molar-refractivity contribution in [2.24, 2.45) is 0 Å². The average Bonchev–Trinajstić information content (AvgIpc) is 3.43. The Morgan fingerprint density at radius 1 is 1.03 bits per heavy atom. The standard InChI is InChI=1S/C27H32N4O4/c1-3-34-25-17-22(9-12-24(25)35-18-26(32)30-14-5-4-6-15-30)27(33)29-20(2)21-7-10-23(11-8-21)31-16-13-28-19-31/h7-13,16-17,19-20H,3-6,14-15,18H2,1-2H3,(H,29,33)/t20-/m1/s1. The Kier molecular flexibility index (Phi) is 8.03. The summed E-state index contributed by atoms with van der Waals surface area (Å²) in [6.07, 6.45) is 8.59. The molecule has 8 nitrogen and oxygen atoms in total. The molecule has 1 fully saturated rings. The van der Waals surface area contributed by atoms with Crippen molar-refractivity contribution < 1.29 is 19.1 Å². The van der Waals surface area contributed by atoms with Crippen LogP contribution >= 0.6 is 0 Å². The summed E-state index contributed by atoms with van der Waals surface area (Å²) >= 11 is 0. The fraction of sp³-hybridized carbons (Fsp3) is 0.370. The topological polar surface area (TPSA) is 85.7 Å². The minimum atomic E-state index is -0.215. The SMILES string of the molecule is CCOc1cc(C(=O)N[C@H](C)c2ccc(-n3ccnc3)cc2)ccc1OCC(=O)N1CCCCC1. The predicted molar refractivity (Wildman–Crippen MR) is 133 cm³/mol. The summed E-state index contributed by atoms with van der Waals surface area (Å²) in [5, 5.41) is 3.03. The van der Waals surface area contributed by atoms with E-state index in [4.69, 9.17) is 9.47 Å². The van der Waals surface area contributed by atoms with E-state index in [1.54, 1.807) is 30.7 Å². The number of aromatic nitrogens is 2. The first-order chi connectivity index (χ1) is 17.0. The molecule has 0 aliphatic carbocycles. The molecule has 0 bridgehead atoms. The number of hydrogen-bond donors (Lipinski definition) is 1. The van der Waals surface area contributed by atoms with Gasteiger partial charge in [0.25, 0.3) is 11.8 Å². The monoisotopic (exact) mass is 476 g/mol. The molecular formula is C27H32N4O4. The molecule has 0 spiro atoms. The van der Waals surface area contributed by atoms with Gasteiger partial charge in [0.15, 0.2) is 18.1 Å². The molecule has 2 amide bonds. The maximum Gasteiger partial charge on any atom is 0.260 e. The van der Waals surface area contributed by atoms with Crippen LogP contribution in [0.5, 0.6) is 11.5 Å². The minimum absolute atomic E-state index is 0.0261. The summed E-state index contributed by atoms with van der Waals surface area (Å²) in [4.78, 5) is 31.3. The highest BCUT2D eigenvalue weighted by Crippen LogP contribution is 2.29. The number of nitrogens with zero attached hydrogens (tertiary/aromatic N) is 3. The predicted octanol–water partition coefficient (Wildman–Crippen LogP) is 4.15. The molecule has 2 heterocycles. The molecule has 1 aromatic heterocycles. The normalized spacial score (nSPS) is 14.3. The zero-order chi connectivity index (χ0) is 24.6. The first-order valence-corrected chi connectivity index (χ1v) is 12.1. The Bertz CT molecular complexity index is 1120. The van der Waals surface area contributed by atoms with Crippen molar-refractivity contribution in [3.05, 3.63) is 72.3 Å². The van der Waals surface area contributed by atoms with Crippen LogP contribution in [-0.2, 0) is 4.79 Å². The number of carbonyl (C=O) groups is 2. The van der Waals surface area contributed by atoms with E-state index in [1.807, 2.05) is 53.8 Å². The van der Waals surface area contributed by atoms with Gasteiger partial charge >= 0.3 is 0 Å². The van der Waals surface area contributed by atoms with E-state index in [9.17, 15) is 9.59 Å². The van der Waals surface area contributed by atoms with E-state index >= 15 is 0 Å². The van der Waals surface area contributed by atoms with Gasteiger partial charge in [-0.25, -0.2) is 4.98 Å². The number of piperidine rings is 1. The van der Waals surface area contributed by atoms with Crippen molar-refractivity contribution >= 4 is 11.8 Å². The summed E-state index contributed by atoms with van der Waals surface area (Å²) in [5.41, 5.74) is 2.45. The molecule has 1 N–H and O–H groups in total. The van der Waals surface area contributed by atoms with Crippen molar-refractivity contribution in [3.63, 3.8) is 0 Å². The number of likely N-dealkylation sites (tertiary alicyclic amines) is 1. The molecule has 8 heteroatoms. The van der Waals surface area contributed by atoms with Crippen LogP contribution in [0.2, 0.25) is 0 Å². The van der Waals surface area contributed by atoms with Crippen molar-refractivity contribution in [2.75, 3.05) is 26.3 Å². The third kappa shape index (κ3) is 6.20. The van der Waals surface area contributed by atoms with Gasteiger partial charge in [-0.1, -0.05) is 12.1 Å². The van der Waals surface area contributed by atoms with Crippen molar-refractivity contribution in [1.29, 1.82) is 0 Å². The summed E-state index contributed by atoms with van der Waals surface area (Å²) in [6, 6.07) is 12.8. The van der Waals surface area contributed by atoms with Crippen LogP contribution in [0, 0.1) is 0 Å². The van der Waals surface area contributed by atoms with Gasteiger partial charge in [0.1, 0.15) is 0 Å². The molecule has 3 aromatic rings. The third-order valence-electron chi connectivity index (χ3n) is 6.11. The van der Waals surface area contributed by atoms with Crippen molar-refractivity contribution in [2.45, 2.75) is 39.2 Å². The molecule has 0 saturated carbocycles. The van der Waals surface area contributed by atoms with Gasteiger partial charge < -0.3 is 24.3 Å². The fourth-order valence-corrected chi connectivity index (χ4v) is 4.12. The van der Waals surface area contributed by atoms with Gasteiger partial charge in [-0.2, -0.15) is 0 Å². The second-order valence-electron chi connectivity index (χ2n) is 8.58. The Morgan fingerprint density at radius 3 is 2.49 bits per heavy atom. The van der Waals surface area contributed by atoms with Gasteiger partial charge in [-0.05, 0) is 69.0 Å². The van der Waals surface area contributed by atoms with Gasteiger partial charge in [0, 0.05) is 36.7 Å². The average molecular weight is 477 g/mol. The number of hydrogen-bond acceptors (Lipinski definition) is 5. The number of amides is 2. The Hall–Kier alpha value is -3.81. The number of nitrogens with one attached hydrogen (secondary N) is 1. The first-order valence-electron chi connectivity index (χ1n) is 12.1. The Morgan fingerprint density at radius 2 is 1.80 bits per heavy atom. The van der Waals surface area contributed by atoms with Crippen LogP contribution in [0.15, 0.2) is 61.2 Å². The van der Waals surface area contributed by atoms with Crippen LogP contribution in [-0.4, -0.2) is 52.6 Å². The smallest absolute Gasteiger partial charge is 0.260 e. The summed E-state index contributed by atoms with van der Waals surface area (Å²) < 4.78 is 13.4. The third-order valence-corrected chi connectivity index (χ3v) is 6.11. The molecule has 2 aromatic carbocycles. The molecular weight excluding hydrogens is 444 g/mol. The molecule has 1 saturated heterocycles. The zero-order valence-electron chi connectivity index (χ0n) is 20.3. The highest BCUT2D eigenvalue weighted by Gasteiger charge is 2.19. The van der Waals surface area contributed by atoms with E-state index in [2.05, 4.69) is 10.3 Å². The lowest BCUT2D eigenvalue weighted by molar-refractivity contribution is -0.134. The molecule has 1 aliphatic heterocycles. The summed E-state index contributed by atoms with van der Waals surface area (Å²) in [5.74, 6) is 0.663. The van der Waals surface area contributed by atoms with Gasteiger partial charge in [0.2, 0.25) is 0 Å². The van der Waals surface area contributed by atoms with Crippen LogP contribution in [0.25, 0.3) is 5.69 Å². The highest BCUT2D eigenvalue weighted by atomic mass is 16.5. The lowest BCUT2D eigenvalue weighted by Gasteiger charge is -2.26. The molecule has 35 heavy (non-hydrogen) atoms. The number of rotatable bonds is 9. The number of carbonyl (C=O) groups excluding carboxylic acids is 2. The van der Waals surface area contributed by atoms with Gasteiger partial charge in [-0.3, -0.25) is 9.59 Å². The first kappa shape index (κ1) is 24.3. The van der Waals surface area contributed by atoms with Crippen molar-refractivity contribution in [1.82, 2.24) is 19.8 Å². The lowest BCUT2D eigenvalue weighted by atomic mass is 10.1. The lowest BCUT2D eigenvalue weighted by Crippen LogP contribution is -2.38. The van der Waals surface area contributed by atoms with E-state index in [0.717, 1.165) is 43.6 Å². The number of imidazole rings is 1. The maximum atomic E-state index is 12.9. The van der Waals surface area contributed by atoms with Gasteiger partial charge in [-0.15, -0.1) is 0 Å². The van der Waals surface area contributed by atoms with Crippen LogP contribution < -0.4 is 14.8 Å². The quantitative estimate of drug-likeness (QED) is 0.501. The van der Waals surface area contributed by atoms with E-state index in [1.165, 1.54) is 0 Å². The molecule has 1 atom stereocenters. The molecule has 4 rings (SSSR count). The summed E-state index contributed by atoms with van der Waals surface area (Å²) in [7, 11) is 0. The second kappa shape index (κ2) is 11.6. The van der Waals surface area contributed by atoms with Gasteiger partial charge in [0.05, 0.1) is 19.0 Å². The Labute approximate surface area is 205 Å². The van der Waals surface area contributed by atoms with Crippen LogP contribution in [0.3, 0.4) is 0 Å². The number of benzene rings is 2. The zero-order valence-corrected chi connectivity index (χ0v) is 20.3. The summed E-state index contributed by atoms with van der Waals surface area (Å²) in [6.45, 7) is 5.75. The largest absolute Gasteiger partial charge is 0.490 e. The van der Waals surface area contributed by atoms with Crippen LogP contribution in [0.1, 0.15) is 55.1 Å². The molecule has 1 aliphatic rings. The fourth-order valence-electron chi connectivity index (χ4n) is 4.12. The minimum Gasteiger partial charge on any atom is -0.490 e. The highest BCUT2D eigenvalue weighted by molar-refractivity contribution is 5.95. The molecule has 0 unspecified atom stereocenters. The molecule has 0 radical (unpaired) electrons. The number of ether oxygens (including phenoxy) is 2. The van der Waals surface area contributed by atoms with Crippen molar-refractivity contribution in [3.8, 4) is 17.2 Å². The van der Waals surface area contributed by atoms with E-state index in [-0.39, 0.29) is 24.5 Å². The maximum absolute atomic E-state index is 12.9.